The Kier molecular flexibility index (Phi) is 7.60. The van der Waals surface area contributed by atoms with Crippen LogP contribution in [0, 0.1) is 5.82 Å². The van der Waals surface area contributed by atoms with E-state index in [4.69, 9.17) is 4.74 Å². The maximum Gasteiger partial charge on any atom is 0.416 e. The Hall–Kier alpha value is -3.69. The molecule has 0 saturated heterocycles. The number of nitrogens with zero attached hydrogens (tertiary/aromatic N) is 3. The number of H-pyrrole nitrogens is 1. The molecule has 0 unspecified atom stereocenters. The average molecular weight is 579 g/mol. The summed E-state index contributed by atoms with van der Waals surface area (Å²) < 4.78 is 102. The van der Waals surface area contributed by atoms with Crippen molar-refractivity contribution in [1.29, 1.82) is 0 Å². The second kappa shape index (κ2) is 10.5. The van der Waals surface area contributed by atoms with Gasteiger partial charge in [0.15, 0.2) is 5.54 Å². The fraction of sp³-hybridized carbons (Fsp3) is 0.391. The Morgan fingerprint density at radius 2 is 1.87 bits per heavy atom. The number of carbonyl (C=O) groups excluding carboxylic acids is 1. The number of ether oxygens (including phenoxy) is 1. The van der Waals surface area contributed by atoms with Gasteiger partial charge in [-0.25, -0.2) is 14.3 Å². The summed E-state index contributed by atoms with van der Waals surface area (Å²) in [6.07, 6.45) is -11.7. The van der Waals surface area contributed by atoms with Gasteiger partial charge in [0.05, 0.1) is 6.61 Å². The molecule has 3 aromatic rings. The van der Waals surface area contributed by atoms with Gasteiger partial charge in [-0.1, -0.05) is 6.92 Å². The average Bonchev–Trinajstić information content (AvgIpc) is 3.49. The summed E-state index contributed by atoms with van der Waals surface area (Å²) in [6, 6.07) is 5.51. The van der Waals surface area contributed by atoms with Crippen molar-refractivity contribution in [2.75, 3.05) is 6.61 Å². The van der Waals surface area contributed by atoms with Crippen LogP contribution in [-0.4, -0.2) is 45.1 Å². The molecule has 2 N–H and O–H groups in total. The van der Waals surface area contributed by atoms with Crippen molar-refractivity contribution in [3.05, 3.63) is 62.0 Å². The number of aromatic amines is 1. The van der Waals surface area contributed by atoms with Gasteiger partial charge in [-0.15, -0.1) is 11.3 Å². The summed E-state index contributed by atoms with van der Waals surface area (Å²) in [5, 5.41) is 10.6. The number of aryl methyl sites for hydroxylation is 1. The first-order valence-electron chi connectivity index (χ1n) is 11.5. The molecular weight excluding hydrogens is 559 g/mol. The van der Waals surface area contributed by atoms with Gasteiger partial charge in [-0.3, -0.25) is 4.79 Å². The third kappa shape index (κ3) is 5.69. The Labute approximate surface area is 219 Å². The fourth-order valence-electron chi connectivity index (χ4n) is 4.17. The molecule has 210 valence electrons. The number of hydrogen-bond donors (Lipinski definition) is 2. The van der Waals surface area contributed by atoms with Crippen molar-refractivity contribution in [3.8, 4) is 5.75 Å². The van der Waals surface area contributed by atoms with Crippen LogP contribution >= 0.6 is 11.3 Å². The number of benzene rings is 1. The van der Waals surface area contributed by atoms with Crippen LogP contribution in [-0.2, 0) is 16.8 Å². The third-order valence-corrected chi connectivity index (χ3v) is 7.31. The van der Waals surface area contributed by atoms with Gasteiger partial charge < -0.3 is 10.1 Å². The minimum atomic E-state index is -5.23. The second-order valence-electron chi connectivity index (χ2n) is 8.61. The first-order chi connectivity index (χ1) is 18.3. The normalized spacial score (nSPS) is 18.4. The highest BCUT2D eigenvalue weighted by atomic mass is 32.1. The molecule has 1 aliphatic rings. The van der Waals surface area contributed by atoms with E-state index in [1.165, 1.54) is 6.07 Å². The van der Waals surface area contributed by atoms with Crippen LogP contribution < -0.4 is 15.7 Å². The van der Waals surface area contributed by atoms with Crippen molar-refractivity contribution in [3.63, 3.8) is 0 Å². The summed E-state index contributed by atoms with van der Waals surface area (Å²) in [6.45, 7) is 1.38. The van der Waals surface area contributed by atoms with Gasteiger partial charge in [-0.2, -0.15) is 31.0 Å². The number of halogens is 7. The highest BCUT2D eigenvalue weighted by Gasteiger charge is 2.61. The van der Waals surface area contributed by atoms with Crippen LogP contribution in [0.15, 0.2) is 35.1 Å². The predicted molar refractivity (Wildman–Crippen MR) is 125 cm³/mol. The lowest BCUT2D eigenvalue weighted by Gasteiger charge is -2.41. The van der Waals surface area contributed by atoms with Crippen LogP contribution in [0.5, 0.6) is 5.75 Å². The molecule has 1 amide bonds. The molecule has 2 aromatic heterocycles. The van der Waals surface area contributed by atoms with Crippen LogP contribution in [0.25, 0.3) is 11.3 Å². The van der Waals surface area contributed by atoms with E-state index in [1.54, 1.807) is 6.07 Å². The molecule has 4 rings (SSSR count). The molecule has 0 spiro atoms. The number of rotatable bonds is 8. The fourth-order valence-corrected chi connectivity index (χ4v) is 5.16. The number of aromatic nitrogens is 4. The third-order valence-electron chi connectivity index (χ3n) is 6.02. The van der Waals surface area contributed by atoms with Gasteiger partial charge in [-0.05, 0) is 47.5 Å². The zero-order valence-corrected chi connectivity index (χ0v) is 20.9. The standard InChI is InChI=1S/C23H20F7N5O3S/c1-2-13-5-7-17(39-13)14-11-21(23(28,29)30,31-19(36)18(14)35-20(37)32-33-34-35)15-6-4-12(10-16(15)24)38-9-3-8-22(25,26)27/h4-7,10H,2-3,8-9,11H2,1H3,(H,31,36)(H,32,34,37)/t21-/m0/s1. The van der Waals surface area contributed by atoms with Crippen LogP contribution in [0.4, 0.5) is 30.7 Å². The summed E-state index contributed by atoms with van der Waals surface area (Å²) in [5.74, 6) is -3.03. The molecule has 8 nitrogen and oxygen atoms in total. The van der Waals surface area contributed by atoms with Crippen LogP contribution in [0.3, 0.4) is 0 Å². The highest BCUT2D eigenvalue weighted by Crippen LogP contribution is 2.50. The topological polar surface area (TPSA) is 102 Å². The molecule has 16 heteroatoms. The first kappa shape index (κ1) is 28.3. The lowest BCUT2D eigenvalue weighted by atomic mass is 9.79. The summed E-state index contributed by atoms with van der Waals surface area (Å²) in [7, 11) is 0. The van der Waals surface area contributed by atoms with Crippen LogP contribution in [0.1, 0.15) is 41.5 Å². The summed E-state index contributed by atoms with van der Waals surface area (Å²) >= 11 is 1.10. The molecule has 39 heavy (non-hydrogen) atoms. The maximum absolute atomic E-state index is 15.3. The molecule has 1 atom stereocenters. The van der Waals surface area contributed by atoms with Gasteiger partial charge in [0.25, 0.3) is 5.91 Å². The number of tetrazole rings is 1. The number of hydrogen-bond acceptors (Lipinski definition) is 6. The lowest BCUT2D eigenvalue weighted by molar-refractivity contribution is -0.202. The van der Waals surface area contributed by atoms with E-state index in [1.807, 2.05) is 17.3 Å². The first-order valence-corrected chi connectivity index (χ1v) is 12.3. The van der Waals surface area contributed by atoms with Gasteiger partial charge in [0.2, 0.25) is 0 Å². The molecule has 0 aliphatic carbocycles. The Balaban J connectivity index is 1.78. The number of thiophene rings is 1. The van der Waals surface area contributed by atoms with Crippen molar-refractivity contribution in [2.24, 2.45) is 0 Å². The molecule has 0 bridgehead atoms. The molecule has 1 aliphatic heterocycles. The molecule has 0 radical (unpaired) electrons. The molecule has 3 heterocycles. The zero-order valence-electron chi connectivity index (χ0n) is 20.0. The SMILES string of the molecule is CCc1ccc(C2=C(n3nn[nH]c3=O)C(=O)N[C@@](c3ccc(OCCCC(F)(F)F)cc3F)(C(F)(F)F)C2)s1. The van der Waals surface area contributed by atoms with E-state index in [0.29, 0.717) is 17.2 Å². The molecular formula is C23H20F7N5O3S. The van der Waals surface area contributed by atoms with E-state index in [2.05, 4.69) is 10.4 Å². The molecule has 0 saturated carbocycles. The number of alkyl halides is 6. The Morgan fingerprint density at radius 1 is 1.13 bits per heavy atom. The minimum Gasteiger partial charge on any atom is -0.493 e. The van der Waals surface area contributed by atoms with E-state index in [9.17, 15) is 35.9 Å². The van der Waals surface area contributed by atoms with Gasteiger partial charge in [0.1, 0.15) is 17.3 Å². The summed E-state index contributed by atoms with van der Waals surface area (Å²) in [4.78, 5) is 26.5. The number of carbonyl (C=O) groups is 1. The Morgan fingerprint density at radius 3 is 2.44 bits per heavy atom. The minimum absolute atomic E-state index is 0.205. The smallest absolute Gasteiger partial charge is 0.416 e. The summed E-state index contributed by atoms with van der Waals surface area (Å²) in [5.41, 5.74) is -5.87. The van der Waals surface area contributed by atoms with Gasteiger partial charge >= 0.3 is 18.0 Å². The Bertz CT molecular complexity index is 1460. The van der Waals surface area contributed by atoms with E-state index >= 15 is 4.39 Å². The predicted octanol–water partition coefficient (Wildman–Crippen LogP) is 4.80. The monoisotopic (exact) mass is 579 g/mol. The maximum atomic E-state index is 15.3. The van der Waals surface area contributed by atoms with Crippen LogP contribution in [0.2, 0.25) is 0 Å². The van der Waals surface area contributed by atoms with Crippen molar-refractivity contribution < 1.29 is 40.3 Å². The largest absolute Gasteiger partial charge is 0.493 e. The number of nitrogens with one attached hydrogen (secondary N) is 2. The van der Waals surface area contributed by atoms with Gasteiger partial charge in [0, 0.05) is 39.8 Å². The van der Waals surface area contributed by atoms with E-state index in [-0.39, 0.29) is 16.2 Å². The zero-order chi connectivity index (χ0) is 28.6. The highest BCUT2D eigenvalue weighted by molar-refractivity contribution is 7.13. The van der Waals surface area contributed by atoms with E-state index in [0.717, 1.165) is 28.3 Å². The second-order valence-corrected chi connectivity index (χ2v) is 9.78. The van der Waals surface area contributed by atoms with Crippen molar-refractivity contribution in [2.45, 2.75) is 50.5 Å². The van der Waals surface area contributed by atoms with Crippen molar-refractivity contribution >= 4 is 28.5 Å². The van der Waals surface area contributed by atoms with Crippen molar-refractivity contribution in [1.82, 2.24) is 25.5 Å². The lowest BCUT2D eigenvalue weighted by Crippen LogP contribution is -2.59. The quantitative estimate of drug-likeness (QED) is 0.295. The number of amides is 1. The molecule has 0 fully saturated rings. The van der Waals surface area contributed by atoms with E-state index < -0.39 is 72.4 Å². The molecule has 1 aromatic carbocycles.